The molecule has 96 valence electrons. The molecule has 0 bridgehead atoms. The molecule has 0 aliphatic carbocycles. The van der Waals surface area contributed by atoms with Gasteiger partial charge in [-0.1, -0.05) is 12.1 Å². The summed E-state index contributed by atoms with van der Waals surface area (Å²) in [5.74, 6) is 0.0845. The predicted octanol–water partition coefficient (Wildman–Crippen LogP) is 1.92. The number of ether oxygens (including phenoxy) is 1. The van der Waals surface area contributed by atoms with Gasteiger partial charge < -0.3 is 9.30 Å². The SMILES string of the molecule is CC(=O)Oc1cncn1CCc1ccc(C#N)cc1. The molecular formula is C14H13N3O2. The molecule has 1 heterocycles. The lowest BCUT2D eigenvalue weighted by Gasteiger charge is -2.07. The Morgan fingerprint density at radius 1 is 1.42 bits per heavy atom. The van der Waals surface area contributed by atoms with Gasteiger partial charge in [-0.15, -0.1) is 0 Å². The average molecular weight is 255 g/mol. The van der Waals surface area contributed by atoms with E-state index in [1.54, 1.807) is 23.0 Å². The van der Waals surface area contributed by atoms with Gasteiger partial charge in [0.25, 0.3) is 0 Å². The Morgan fingerprint density at radius 3 is 2.79 bits per heavy atom. The third-order valence-electron chi connectivity index (χ3n) is 2.65. The van der Waals surface area contributed by atoms with Crippen LogP contribution in [0.4, 0.5) is 0 Å². The van der Waals surface area contributed by atoms with Crippen molar-refractivity contribution in [3.63, 3.8) is 0 Å². The Bertz CT molecular complexity index is 608. The lowest BCUT2D eigenvalue weighted by molar-refractivity contribution is -0.132. The number of hydrogen-bond donors (Lipinski definition) is 0. The summed E-state index contributed by atoms with van der Waals surface area (Å²) in [7, 11) is 0. The summed E-state index contributed by atoms with van der Waals surface area (Å²) in [5.41, 5.74) is 1.76. The standard InChI is InChI=1S/C14H13N3O2/c1-11(18)19-14-9-16-10-17(14)7-6-12-2-4-13(8-15)5-3-12/h2-5,9-10H,6-7H2,1H3. The van der Waals surface area contributed by atoms with Gasteiger partial charge in [0, 0.05) is 13.5 Å². The van der Waals surface area contributed by atoms with E-state index in [0.29, 0.717) is 18.0 Å². The summed E-state index contributed by atoms with van der Waals surface area (Å²) in [6.45, 7) is 2.02. The molecule has 2 rings (SSSR count). The minimum absolute atomic E-state index is 0.361. The van der Waals surface area contributed by atoms with Crippen LogP contribution >= 0.6 is 0 Å². The highest BCUT2D eigenvalue weighted by Crippen LogP contribution is 2.12. The van der Waals surface area contributed by atoms with Gasteiger partial charge in [-0.2, -0.15) is 5.26 Å². The largest absolute Gasteiger partial charge is 0.408 e. The van der Waals surface area contributed by atoms with Crippen molar-refractivity contribution < 1.29 is 9.53 Å². The fourth-order valence-electron chi connectivity index (χ4n) is 1.70. The Morgan fingerprint density at radius 2 is 2.16 bits per heavy atom. The molecule has 0 atom stereocenters. The number of benzene rings is 1. The van der Waals surface area contributed by atoms with Gasteiger partial charge in [-0.05, 0) is 24.1 Å². The van der Waals surface area contributed by atoms with Gasteiger partial charge >= 0.3 is 5.97 Å². The van der Waals surface area contributed by atoms with Crippen LogP contribution in [0.1, 0.15) is 18.1 Å². The highest BCUT2D eigenvalue weighted by molar-refractivity contribution is 5.68. The molecule has 19 heavy (non-hydrogen) atoms. The van der Waals surface area contributed by atoms with Gasteiger partial charge in [0.05, 0.1) is 24.2 Å². The molecule has 1 aromatic carbocycles. The molecule has 0 saturated carbocycles. The van der Waals surface area contributed by atoms with E-state index in [2.05, 4.69) is 11.1 Å². The van der Waals surface area contributed by atoms with E-state index in [1.807, 2.05) is 12.1 Å². The Labute approximate surface area is 111 Å². The number of esters is 1. The topological polar surface area (TPSA) is 67.9 Å². The summed E-state index contributed by atoms with van der Waals surface area (Å²) >= 11 is 0. The zero-order valence-electron chi connectivity index (χ0n) is 10.5. The first-order valence-corrected chi connectivity index (χ1v) is 5.86. The van der Waals surface area contributed by atoms with Crippen LogP contribution in [0.2, 0.25) is 0 Å². The first-order chi connectivity index (χ1) is 9.19. The van der Waals surface area contributed by atoms with Crippen LogP contribution in [0.3, 0.4) is 0 Å². The second kappa shape index (κ2) is 5.83. The summed E-state index contributed by atoms with van der Waals surface area (Å²) in [4.78, 5) is 14.9. The number of nitriles is 1. The molecule has 0 aliphatic rings. The van der Waals surface area contributed by atoms with Gasteiger partial charge in [-0.3, -0.25) is 4.79 Å². The van der Waals surface area contributed by atoms with Gasteiger partial charge in [0.1, 0.15) is 0 Å². The Hall–Kier alpha value is -2.61. The van der Waals surface area contributed by atoms with Crippen LogP contribution in [0, 0.1) is 11.3 Å². The maximum atomic E-state index is 10.9. The molecule has 0 amide bonds. The molecule has 5 heteroatoms. The van der Waals surface area contributed by atoms with E-state index >= 15 is 0 Å². The number of rotatable bonds is 4. The molecule has 0 saturated heterocycles. The second-order valence-corrected chi connectivity index (χ2v) is 4.08. The minimum atomic E-state index is -0.361. The van der Waals surface area contributed by atoms with Crippen molar-refractivity contribution in [3.8, 4) is 11.9 Å². The van der Waals surface area contributed by atoms with E-state index in [9.17, 15) is 4.79 Å². The first-order valence-electron chi connectivity index (χ1n) is 5.86. The van der Waals surface area contributed by atoms with Crippen molar-refractivity contribution in [2.24, 2.45) is 0 Å². The van der Waals surface area contributed by atoms with E-state index in [-0.39, 0.29) is 5.97 Å². The molecule has 0 spiro atoms. The van der Waals surface area contributed by atoms with Crippen molar-refractivity contribution in [2.75, 3.05) is 0 Å². The van der Waals surface area contributed by atoms with Crippen LogP contribution in [0.15, 0.2) is 36.8 Å². The Balaban J connectivity index is 2.00. The molecule has 0 aliphatic heterocycles. The zero-order chi connectivity index (χ0) is 13.7. The summed E-state index contributed by atoms with van der Waals surface area (Å²) < 4.78 is 6.81. The summed E-state index contributed by atoms with van der Waals surface area (Å²) in [6, 6.07) is 9.49. The predicted molar refractivity (Wildman–Crippen MR) is 68.4 cm³/mol. The average Bonchev–Trinajstić information content (AvgIpc) is 2.83. The van der Waals surface area contributed by atoms with E-state index < -0.39 is 0 Å². The molecule has 5 nitrogen and oxygen atoms in total. The van der Waals surface area contributed by atoms with E-state index in [0.717, 1.165) is 12.0 Å². The highest BCUT2D eigenvalue weighted by Gasteiger charge is 2.05. The van der Waals surface area contributed by atoms with Gasteiger partial charge in [-0.25, -0.2) is 4.98 Å². The zero-order valence-corrected chi connectivity index (χ0v) is 10.5. The van der Waals surface area contributed by atoms with Gasteiger partial charge in [0.2, 0.25) is 5.88 Å². The number of aromatic nitrogens is 2. The third-order valence-corrected chi connectivity index (χ3v) is 2.65. The van der Waals surface area contributed by atoms with Crippen LogP contribution in [0.25, 0.3) is 0 Å². The van der Waals surface area contributed by atoms with Crippen molar-refractivity contribution >= 4 is 5.97 Å². The normalized spacial score (nSPS) is 9.89. The molecule has 0 fully saturated rings. The number of aryl methyl sites for hydroxylation is 2. The summed E-state index contributed by atoms with van der Waals surface area (Å²) in [6.07, 6.45) is 3.92. The summed E-state index contributed by atoms with van der Waals surface area (Å²) in [5, 5.41) is 8.72. The van der Waals surface area contributed by atoms with Crippen molar-refractivity contribution in [2.45, 2.75) is 19.9 Å². The first kappa shape index (κ1) is 12.8. The smallest absolute Gasteiger partial charge is 0.309 e. The molecule has 0 unspecified atom stereocenters. The number of hydrogen-bond acceptors (Lipinski definition) is 4. The number of carbonyl (C=O) groups is 1. The Kier molecular flexibility index (Phi) is 3.94. The fourth-order valence-corrected chi connectivity index (χ4v) is 1.70. The maximum absolute atomic E-state index is 10.9. The molecule has 2 aromatic rings. The van der Waals surface area contributed by atoms with Crippen LogP contribution < -0.4 is 4.74 Å². The van der Waals surface area contributed by atoms with Crippen molar-refractivity contribution in [3.05, 3.63) is 47.9 Å². The van der Waals surface area contributed by atoms with Crippen molar-refractivity contribution in [1.82, 2.24) is 9.55 Å². The number of imidazole rings is 1. The van der Waals surface area contributed by atoms with Crippen molar-refractivity contribution in [1.29, 1.82) is 5.26 Å². The van der Waals surface area contributed by atoms with Crippen LogP contribution in [-0.2, 0) is 17.8 Å². The number of carbonyl (C=O) groups excluding carboxylic acids is 1. The molecule has 1 aromatic heterocycles. The quantitative estimate of drug-likeness (QED) is 0.783. The fraction of sp³-hybridized carbons (Fsp3) is 0.214. The minimum Gasteiger partial charge on any atom is -0.408 e. The van der Waals surface area contributed by atoms with E-state index in [4.69, 9.17) is 10.00 Å². The maximum Gasteiger partial charge on any atom is 0.309 e. The third kappa shape index (κ3) is 3.42. The second-order valence-electron chi connectivity index (χ2n) is 4.08. The number of nitrogens with zero attached hydrogens (tertiary/aromatic N) is 3. The van der Waals surface area contributed by atoms with E-state index in [1.165, 1.54) is 13.1 Å². The lowest BCUT2D eigenvalue weighted by atomic mass is 10.1. The van der Waals surface area contributed by atoms with Crippen LogP contribution in [-0.4, -0.2) is 15.5 Å². The monoisotopic (exact) mass is 255 g/mol. The molecular weight excluding hydrogens is 242 g/mol. The van der Waals surface area contributed by atoms with Crippen LogP contribution in [0.5, 0.6) is 5.88 Å². The molecule has 0 N–H and O–H groups in total. The highest BCUT2D eigenvalue weighted by atomic mass is 16.5. The lowest BCUT2D eigenvalue weighted by Crippen LogP contribution is -2.08. The molecule has 0 radical (unpaired) electrons. The van der Waals surface area contributed by atoms with Gasteiger partial charge in [0.15, 0.2) is 0 Å².